The lowest BCUT2D eigenvalue weighted by Crippen LogP contribution is -2.54. The highest BCUT2D eigenvalue weighted by atomic mass is 16.3. The van der Waals surface area contributed by atoms with Crippen LogP contribution >= 0.6 is 0 Å². The summed E-state index contributed by atoms with van der Waals surface area (Å²) in [5.74, 6) is 1.33. The Balaban J connectivity index is 1.70. The van der Waals surface area contributed by atoms with Crippen LogP contribution in [0.25, 0.3) is 10.9 Å². The van der Waals surface area contributed by atoms with Crippen molar-refractivity contribution < 1.29 is 5.11 Å². The molecule has 1 aromatic carbocycles. The molecule has 0 aliphatic carbocycles. The Morgan fingerprint density at radius 2 is 2.08 bits per heavy atom. The fraction of sp³-hybridized carbons (Fsp3) is 0.556. The summed E-state index contributed by atoms with van der Waals surface area (Å²) >= 11 is 0. The number of piperazine rings is 1. The van der Waals surface area contributed by atoms with Gasteiger partial charge in [0.25, 0.3) is 0 Å². The standard InChI is InChI=1S/C18H27N5O/c1-3-14-11-22(8-9-23(14)10-13(2)24)12-17-20-16-7-5-4-6-15(16)18(19)21-17/h4-7,13-14,24H,3,8-12H2,1-2H3,(H2,19,20,21). The van der Waals surface area contributed by atoms with Gasteiger partial charge in [0, 0.05) is 37.6 Å². The Bertz CT molecular complexity index is 690. The molecule has 2 heterocycles. The topological polar surface area (TPSA) is 78.5 Å². The van der Waals surface area contributed by atoms with Crippen LogP contribution in [0.3, 0.4) is 0 Å². The summed E-state index contributed by atoms with van der Waals surface area (Å²) in [6.45, 7) is 8.41. The van der Waals surface area contributed by atoms with E-state index in [-0.39, 0.29) is 6.10 Å². The van der Waals surface area contributed by atoms with Gasteiger partial charge in [0.05, 0.1) is 18.2 Å². The molecule has 6 heteroatoms. The second-order valence-electron chi connectivity index (χ2n) is 6.68. The molecule has 0 bridgehead atoms. The SMILES string of the molecule is CCC1CN(Cc2nc(N)c3ccccc3n2)CCN1CC(C)O. The lowest BCUT2D eigenvalue weighted by molar-refractivity contribution is 0.0329. The second kappa shape index (κ2) is 7.42. The summed E-state index contributed by atoms with van der Waals surface area (Å²) in [6.07, 6.45) is 0.790. The summed E-state index contributed by atoms with van der Waals surface area (Å²) in [4.78, 5) is 13.9. The van der Waals surface area contributed by atoms with E-state index in [1.165, 1.54) is 0 Å². The molecular formula is C18H27N5O. The molecule has 1 fully saturated rings. The third kappa shape index (κ3) is 3.83. The first-order valence-electron chi connectivity index (χ1n) is 8.72. The van der Waals surface area contributed by atoms with Crippen LogP contribution in [0.15, 0.2) is 24.3 Å². The lowest BCUT2D eigenvalue weighted by Gasteiger charge is -2.41. The number of nitrogen functional groups attached to an aromatic ring is 1. The third-order valence-electron chi connectivity index (χ3n) is 4.70. The molecule has 0 radical (unpaired) electrons. The molecule has 0 amide bonds. The molecule has 1 aliphatic heterocycles. The van der Waals surface area contributed by atoms with Gasteiger partial charge in [0.15, 0.2) is 0 Å². The van der Waals surface area contributed by atoms with E-state index in [0.29, 0.717) is 18.4 Å². The van der Waals surface area contributed by atoms with E-state index < -0.39 is 0 Å². The van der Waals surface area contributed by atoms with Crippen molar-refractivity contribution in [3.05, 3.63) is 30.1 Å². The molecule has 130 valence electrons. The fourth-order valence-electron chi connectivity index (χ4n) is 3.49. The Hall–Kier alpha value is -1.76. The van der Waals surface area contributed by atoms with Gasteiger partial charge in [0.2, 0.25) is 0 Å². The zero-order valence-corrected chi connectivity index (χ0v) is 14.5. The zero-order chi connectivity index (χ0) is 17.1. The number of benzene rings is 1. The van der Waals surface area contributed by atoms with Gasteiger partial charge >= 0.3 is 0 Å². The molecule has 6 nitrogen and oxygen atoms in total. The van der Waals surface area contributed by atoms with Crippen LogP contribution < -0.4 is 5.73 Å². The van der Waals surface area contributed by atoms with Gasteiger partial charge in [-0.1, -0.05) is 19.1 Å². The monoisotopic (exact) mass is 329 g/mol. The Labute approximate surface area is 143 Å². The van der Waals surface area contributed by atoms with Crippen LogP contribution in [0.5, 0.6) is 0 Å². The molecule has 0 saturated carbocycles. The van der Waals surface area contributed by atoms with Crippen molar-refractivity contribution in [3.63, 3.8) is 0 Å². The quantitative estimate of drug-likeness (QED) is 0.865. The largest absolute Gasteiger partial charge is 0.392 e. The van der Waals surface area contributed by atoms with E-state index in [9.17, 15) is 5.11 Å². The minimum atomic E-state index is -0.283. The minimum Gasteiger partial charge on any atom is -0.392 e. The number of aliphatic hydroxyl groups excluding tert-OH is 1. The average molecular weight is 329 g/mol. The molecule has 1 aromatic heterocycles. The number of hydrogen-bond donors (Lipinski definition) is 2. The normalized spacial score (nSPS) is 21.2. The van der Waals surface area contributed by atoms with Gasteiger partial charge in [-0.05, 0) is 25.5 Å². The third-order valence-corrected chi connectivity index (χ3v) is 4.70. The Morgan fingerprint density at radius 1 is 1.29 bits per heavy atom. The van der Waals surface area contributed by atoms with Crippen molar-refractivity contribution in [1.29, 1.82) is 0 Å². The number of aromatic nitrogens is 2. The van der Waals surface area contributed by atoms with Crippen molar-refractivity contribution in [2.75, 3.05) is 31.9 Å². The van der Waals surface area contributed by atoms with Gasteiger partial charge in [-0.2, -0.15) is 0 Å². The van der Waals surface area contributed by atoms with E-state index in [2.05, 4.69) is 26.7 Å². The first kappa shape index (κ1) is 17.1. The Kier molecular flexibility index (Phi) is 5.28. The Morgan fingerprint density at radius 3 is 2.83 bits per heavy atom. The van der Waals surface area contributed by atoms with Crippen molar-refractivity contribution in [1.82, 2.24) is 19.8 Å². The summed E-state index contributed by atoms with van der Waals surface area (Å²) in [7, 11) is 0. The van der Waals surface area contributed by atoms with E-state index in [4.69, 9.17) is 5.73 Å². The van der Waals surface area contributed by atoms with Crippen LogP contribution in [0, 0.1) is 0 Å². The molecule has 1 aliphatic rings. The van der Waals surface area contributed by atoms with Crippen molar-refractivity contribution in [2.24, 2.45) is 0 Å². The predicted molar refractivity (Wildman–Crippen MR) is 96.6 cm³/mol. The number of aliphatic hydroxyl groups is 1. The molecule has 1 saturated heterocycles. The molecule has 2 aromatic rings. The van der Waals surface area contributed by atoms with Crippen LogP contribution in [-0.4, -0.2) is 63.2 Å². The first-order chi connectivity index (χ1) is 11.6. The summed E-state index contributed by atoms with van der Waals surface area (Å²) in [6, 6.07) is 8.32. The van der Waals surface area contributed by atoms with E-state index in [1.54, 1.807) is 0 Å². The van der Waals surface area contributed by atoms with Crippen LogP contribution in [0.1, 0.15) is 26.1 Å². The lowest BCUT2D eigenvalue weighted by atomic mass is 10.1. The molecule has 3 rings (SSSR count). The number of nitrogens with zero attached hydrogens (tertiary/aromatic N) is 4. The molecule has 0 spiro atoms. The van der Waals surface area contributed by atoms with Gasteiger partial charge in [-0.3, -0.25) is 9.80 Å². The zero-order valence-electron chi connectivity index (χ0n) is 14.5. The maximum atomic E-state index is 9.66. The van der Waals surface area contributed by atoms with Gasteiger partial charge in [-0.25, -0.2) is 9.97 Å². The molecule has 24 heavy (non-hydrogen) atoms. The number of β-amino-alcohol motifs (C(OH)–C–C–N with tert-alkyl or cyclic N) is 1. The number of hydrogen-bond acceptors (Lipinski definition) is 6. The molecular weight excluding hydrogens is 302 g/mol. The summed E-state index contributed by atoms with van der Waals surface area (Å²) in [5.41, 5.74) is 6.99. The van der Waals surface area contributed by atoms with Gasteiger partial charge in [-0.15, -0.1) is 0 Å². The molecule has 2 atom stereocenters. The van der Waals surface area contributed by atoms with Crippen LogP contribution in [0.2, 0.25) is 0 Å². The predicted octanol–water partition coefficient (Wildman–Crippen LogP) is 1.49. The maximum Gasteiger partial charge on any atom is 0.145 e. The number of nitrogens with two attached hydrogens (primary N) is 1. The van der Waals surface area contributed by atoms with Crippen LogP contribution in [-0.2, 0) is 6.54 Å². The highest BCUT2D eigenvalue weighted by molar-refractivity contribution is 5.87. The molecule has 2 unspecified atom stereocenters. The number of anilines is 1. The molecule has 3 N–H and O–H groups in total. The summed E-state index contributed by atoms with van der Waals surface area (Å²) in [5, 5.41) is 10.6. The van der Waals surface area contributed by atoms with E-state index in [0.717, 1.165) is 49.3 Å². The van der Waals surface area contributed by atoms with Crippen molar-refractivity contribution >= 4 is 16.7 Å². The van der Waals surface area contributed by atoms with Crippen molar-refractivity contribution in [3.8, 4) is 0 Å². The number of fused-ring (bicyclic) bond motifs is 1. The van der Waals surface area contributed by atoms with E-state index >= 15 is 0 Å². The highest BCUT2D eigenvalue weighted by Crippen LogP contribution is 2.19. The first-order valence-corrected chi connectivity index (χ1v) is 8.72. The minimum absolute atomic E-state index is 0.283. The van der Waals surface area contributed by atoms with Gasteiger partial charge < -0.3 is 10.8 Å². The second-order valence-corrected chi connectivity index (χ2v) is 6.68. The van der Waals surface area contributed by atoms with E-state index in [1.807, 2.05) is 31.2 Å². The van der Waals surface area contributed by atoms with Crippen LogP contribution in [0.4, 0.5) is 5.82 Å². The number of rotatable bonds is 5. The van der Waals surface area contributed by atoms with Crippen molar-refractivity contribution in [2.45, 2.75) is 39.0 Å². The smallest absolute Gasteiger partial charge is 0.145 e. The fourth-order valence-corrected chi connectivity index (χ4v) is 3.49. The summed E-state index contributed by atoms with van der Waals surface area (Å²) < 4.78 is 0. The highest BCUT2D eigenvalue weighted by Gasteiger charge is 2.26. The average Bonchev–Trinajstić information content (AvgIpc) is 2.56. The van der Waals surface area contributed by atoms with Gasteiger partial charge in [0.1, 0.15) is 11.6 Å². The maximum absolute atomic E-state index is 9.66. The number of para-hydroxylation sites is 1.